The van der Waals surface area contributed by atoms with Gasteiger partial charge in [-0.3, -0.25) is 0 Å². The quantitative estimate of drug-likeness (QED) is 0.385. The molecule has 0 aliphatic heterocycles. The fraction of sp³-hybridized carbons (Fsp3) is 1.00. The zero-order chi connectivity index (χ0) is 8.36. The summed E-state index contributed by atoms with van der Waals surface area (Å²) in [6.45, 7) is 6.20. The van der Waals surface area contributed by atoms with Crippen LogP contribution in [0.25, 0.3) is 0 Å². The van der Waals surface area contributed by atoms with Crippen molar-refractivity contribution in [3.63, 3.8) is 0 Å². The van der Waals surface area contributed by atoms with Gasteiger partial charge in [-0.1, -0.05) is 0 Å². The number of unbranched alkanes of at least 4 members (excludes halogenated alkanes) is 2. The summed E-state index contributed by atoms with van der Waals surface area (Å²) in [6.07, 6.45) is 4.81. The second-order valence-corrected chi connectivity index (χ2v) is 5.16. The molecular weight excluding hydrogens is 466 g/mol. The topological polar surface area (TPSA) is 18.5 Å². The first kappa shape index (κ1) is 20.2. The van der Waals surface area contributed by atoms with Crippen molar-refractivity contribution in [2.75, 3.05) is 13.2 Å². The fourth-order valence-corrected chi connectivity index (χ4v) is 2.49. The zero-order valence-electron chi connectivity index (χ0n) is 8.38. The first-order chi connectivity index (χ1) is 5.41. The van der Waals surface area contributed by atoms with Crippen LogP contribution in [0.3, 0.4) is 0 Å². The van der Waals surface area contributed by atoms with Gasteiger partial charge >= 0.3 is 82.2 Å². The summed E-state index contributed by atoms with van der Waals surface area (Å²) < 4.78 is 10.8. The monoisotopic (exact) mass is 486 g/mol. The van der Waals surface area contributed by atoms with Crippen molar-refractivity contribution >= 4 is 34.0 Å². The van der Waals surface area contributed by atoms with Gasteiger partial charge in [0.25, 0.3) is 0 Å². The van der Waals surface area contributed by atoms with Gasteiger partial charge in [-0.05, 0) is 0 Å². The van der Waals surface area contributed by atoms with Crippen LogP contribution in [0, 0.1) is 0 Å². The molecule has 0 aliphatic carbocycles. The van der Waals surface area contributed by atoms with Gasteiger partial charge in [-0.25, -0.2) is 0 Å². The number of hydrogen-bond donors (Lipinski definition) is 0. The van der Waals surface area contributed by atoms with Crippen molar-refractivity contribution in [1.82, 2.24) is 0 Å². The molecule has 0 aliphatic rings. The summed E-state index contributed by atoms with van der Waals surface area (Å²) in [6, 6.07) is 0. The Morgan fingerprint density at radius 2 is 1.23 bits per heavy atom. The molecule has 0 atom stereocenters. The van der Waals surface area contributed by atoms with E-state index in [0.717, 1.165) is 13.2 Å². The van der Waals surface area contributed by atoms with Crippen LogP contribution in [-0.2, 0) is 29.5 Å². The molecule has 0 unspecified atom stereocenters. The second-order valence-electron chi connectivity index (χ2n) is 2.49. The van der Waals surface area contributed by atoms with Gasteiger partial charge < -0.3 is 0 Å². The maximum atomic E-state index is 5.39. The van der Waals surface area contributed by atoms with E-state index >= 15 is 0 Å². The molecule has 0 amide bonds. The molecule has 0 N–H and O–H groups in total. The Kier molecular flexibility index (Phi) is 30.1. The third kappa shape index (κ3) is 20.0. The fourth-order valence-electron chi connectivity index (χ4n) is 0.558. The molecule has 2 nitrogen and oxygen atoms in total. The Balaban J connectivity index is -0.000000500. The Morgan fingerprint density at radius 1 is 0.846 bits per heavy atom. The van der Waals surface area contributed by atoms with E-state index in [1.165, 1.54) is 25.7 Å². The summed E-state index contributed by atoms with van der Waals surface area (Å²) in [5.41, 5.74) is 0. The van der Waals surface area contributed by atoms with Gasteiger partial charge in [0.15, 0.2) is 0 Å². The molecule has 0 saturated carbocycles. The zero-order valence-corrected chi connectivity index (χ0v) is 15.4. The van der Waals surface area contributed by atoms with E-state index in [1.807, 2.05) is 0 Å². The molecule has 5 heteroatoms. The van der Waals surface area contributed by atoms with Crippen molar-refractivity contribution in [3.05, 3.63) is 0 Å². The minimum atomic E-state index is -1.07. The maximum absolute atomic E-state index is 5.39. The van der Waals surface area contributed by atoms with Crippen LogP contribution in [0.2, 0.25) is 0 Å². The average Bonchev–Trinajstić information content (AvgIpc) is 2.03. The Morgan fingerprint density at radius 3 is 1.54 bits per heavy atom. The summed E-state index contributed by atoms with van der Waals surface area (Å²) in [4.78, 5) is 0. The van der Waals surface area contributed by atoms with Gasteiger partial charge in [-0.15, -0.1) is 34.0 Å². The number of halogens is 2. The average molecular weight is 487 g/mol. The van der Waals surface area contributed by atoms with Crippen LogP contribution >= 0.6 is 34.0 Å². The standard InChI is InChI=1S/2C4H9O.2BrH.Hf/c2*1-2-3-4-5;;;/h2*2-4H2,1H3;2*1H;/q2*-1;;;+2. The molecule has 0 aromatic heterocycles. The van der Waals surface area contributed by atoms with E-state index in [2.05, 4.69) is 13.8 Å². The normalized spacial score (nSPS) is 8.46. The molecule has 0 aromatic rings. The van der Waals surface area contributed by atoms with Crippen molar-refractivity contribution in [2.45, 2.75) is 39.5 Å². The van der Waals surface area contributed by atoms with Crippen LogP contribution in [0.5, 0.6) is 0 Å². The van der Waals surface area contributed by atoms with Crippen molar-refractivity contribution in [1.29, 1.82) is 0 Å². The van der Waals surface area contributed by atoms with Gasteiger partial charge in [0, 0.05) is 0 Å². The molecule has 82 valence electrons. The number of hydrogen-bond acceptors (Lipinski definition) is 2. The first-order valence-corrected chi connectivity index (χ1v) is 7.33. The first-order valence-electron chi connectivity index (χ1n) is 4.40. The molecule has 0 rings (SSSR count). The van der Waals surface area contributed by atoms with Crippen LogP contribution in [-0.4, -0.2) is 13.2 Å². The SMILES string of the molecule is Br.Br.CCCC[O][Hf][O]CCCC. The van der Waals surface area contributed by atoms with E-state index in [1.54, 1.807) is 0 Å². The van der Waals surface area contributed by atoms with Crippen molar-refractivity contribution in [3.8, 4) is 0 Å². The predicted molar refractivity (Wildman–Crippen MR) is 62.4 cm³/mol. The van der Waals surface area contributed by atoms with E-state index < -0.39 is 23.8 Å². The molecule has 0 fully saturated rings. The Bertz CT molecular complexity index is 69.2. The number of rotatable bonds is 8. The Labute approximate surface area is 115 Å². The van der Waals surface area contributed by atoms with Gasteiger partial charge in [0.05, 0.1) is 0 Å². The van der Waals surface area contributed by atoms with Gasteiger partial charge in [0.2, 0.25) is 0 Å². The summed E-state index contributed by atoms with van der Waals surface area (Å²) >= 11 is -1.07. The molecule has 0 aromatic carbocycles. The second kappa shape index (κ2) is 19.3. The molecule has 0 spiro atoms. The van der Waals surface area contributed by atoms with Crippen LogP contribution < -0.4 is 0 Å². The third-order valence-electron chi connectivity index (χ3n) is 1.32. The predicted octanol–water partition coefficient (Wildman–Crippen LogP) is 3.69. The van der Waals surface area contributed by atoms with Crippen molar-refractivity contribution < 1.29 is 29.5 Å². The molecule has 0 bridgehead atoms. The third-order valence-corrected chi connectivity index (χ3v) is 3.63. The van der Waals surface area contributed by atoms with E-state index in [0.29, 0.717) is 0 Å². The summed E-state index contributed by atoms with van der Waals surface area (Å²) in [7, 11) is 0. The molecule has 13 heavy (non-hydrogen) atoms. The van der Waals surface area contributed by atoms with Crippen LogP contribution in [0.15, 0.2) is 0 Å². The van der Waals surface area contributed by atoms with Gasteiger partial charge in [-0.2, -0.15) is 0 Å². The molecule has 0 radical (unpaired) electrons. The molecule has 0 heterocycles. The minimum absolute atomic E-state index is 0. The van der Waals surface area contributed by atoms with E-state index in [-0.39, 0.29) is 34.0 Å². The van der Waals surface area contributed by atoms with Gasteiger partial charge in [0.1, 0.15) is 0 Å². The van der Waals surface area contributed by atoms with E-state index in [4.69, 9.17) is 5.71 Å². The van der Waals surface area contributed by atoms with Crippen LogP contribution in [0.1, 0.15) is 39.5 Å². The molecule has 0 saturated heterocycles. The molecular formula is C8H20Br2HfO2. The van der Waals surface area contributed by atoms with Crippen molar-refractivity contribution in [2.24, 2.45) is 0 Å². The summed E-state index contributed by atoms with van der Waals surface area (Å²) in [5.74, 6) is 0. The van der Waals surface area contributed by atoms with Crippen LogP contribution in [0.4, 0.5) is 0 Å². The van der Waals surface area contributed by atoms with E-state index in [9.17, 15) is 0 Å². The summed E-state index contributed by atoms with van der Waals surface area (Å²) in [5, 5.41) is 0. The Hall–Kier alpha value is 1.75.